The van der Waals surface area contributed by atoms with Crippen molar-refractivity contribution in [1.82, 2.24) is 10.4 Å². The van der Waals surface area contributed by atoms with Gasteiger partial charge in [-0.3, -0.25) is 9.63 Å². The number of hydroxylamine groups is 2. The van der Waals surface area contributed by atoms with Crippen molar-refractivity contribution in [2.75, 3.05) is 6.61 Å². The van der Waals surface area contributed by atoms with E-state index in [1.54, 1.807) is 30.2 Å². The predicted molar refractivity (Wildman–Crippen MR) is 146 cm³/mol. The third-order valence-electron chi connectivity index (χ3n) is 9.77. The molecule has 39 heavy (non-hydrogen) atoms. The average Bonchev–Trinajstić information content (AvgIpc) is 3.28. The molecule has 8 nitrogen and oxygen atoms in total. The molecule has 1 amide bonds. The SMILES string of the molecule is C[C@@H]1[C@@H](NC(=O)[C@@H]2[C@H]([C@H](C)O)[C@H](CO)ON2Cc2cccc(-c3cccc(C(=O)O)c3)c2)C[C@@H]2C[C@H]1C2(C)C. The molecule has 2 aromatic carbocycles. The van der Waals surface area contributed by atoms with Gasteiger partial charge in [-0.05, 0) is 77.8 Å². The summed E-state index contributed by atoms with van der Waals surface area (Å²) in [5.74, 6) is -0.215. The zero-order chi connectivity index (χ0) is 28.1. The van der Waals surface area contributed by atoms with Gasteiger partial charge in [-0.25, -0.2) is 4.79 Å². The fourth-order valence-corrected chi connectivity index (χ4v) is 7.35. The first-order valence-electron chi connectivity index (χ1n) is 14.0. The zero-order valence-corrected chi connectivity index (χ0v) is 23.1. The molecule has 1 aliphatic heterocycles. The molecule has 0 radical (unpaired) electrons. The van der Waals surface area contributed by atoms with Crippen LogP contribution in [-0.4, -0.2) is 63.2 Å². The van der Waals surface area contributed by atoms with Crippen LogP contribution >= 0.6 is 0 Å². The van der Waals surface area contributed by atoms with Crippen LogP contribution in [0.2, 0.25) is 0 Å². The van der Waals surface area contributed by atoms with E-state index in [4.69, 9.17) is 4.84 Å². The van der Waals surface area contributed by atoms with Gasteiger partial charge < -0.3 is 20.6 Å². The van der Waals surface area contributed by atoms with Crippen LogP contribution < -0.4 is 5.32 Å². The lowest BCUT2D eigenvalue weighted by Gasteiger charge is -2.62. The number of nitrogens with one attached hydrogen (secondary N) is 1. The smallest absolute Gasteiger partial charge is 0.335 e. The molecule has 2 bridgehead atoms. The molecule has 0 aromatic heterocycles. The average molecular weight is 537 g/mol. The third kappa shape index (κ3) is 5.11. The summed E-state index contributed by atoms with van der Waals surface area (Å²) in [4.78, 5) is 31.3. The molecule has 8 heteroatoms. The molecular weight excluding hydrogens is 496 g/mol. The van der Waals surface area contributed by atoms with Gasteiger partial charge in [0.15, 0.2) is 0 Å². The van der Waals surface area contributed by atoms with E-state index in [9.17, 15) is 24.9 Å². The van der Waals surface area contributed by atoms with E-state index in [1.165, 1.54) is 6.42 Å². The quantitative estimate of drug-likeness (QED) is 0.406. The molecule has 210 valence electrons. The van der Waals surface area contributed by atoms with E-state index < -0.39 is 30.1 Å². The van der Waals surface area contributed by atoms with E-state index in [2.05, 4.69) is 26.1 Å². The molecule has 1 saturated heterocycles. The molecule has 1 heterocycles. The fraction of sp³-hybridized carbons (Fsp3) is 0.548. The summed E-state index contributed by atoms with van der Waals surface area (Å²) in [6.45, 7) is 8.47. The number of benzene rings is 2. The van der Waals surface area contributed by atoms with E-state index >= 15 is 0 Å². The Bertz CT molecular complexity index is 1230. The van der Waals surface area contributed by atoms with Gasteiger partial charge in [-0.15, -0.1) is 0 Å². The zero-order valence-electron chi connectivity index (χ0n) is 23.1. The Morgan fingerprint density at radius 1 is 1.13 bits per heavy atom. The van der Waals surface area contributed by atoms with Crippen LogP contribution in [-0.2, 0) is 16.2 Å². The highest BCUT2D eigenvalue weighted by Gasteiger charge is 2.57. The second kappa shape index (κ2) is 10.7. The lowest BCUT2D eigenvalue weighted by Crippen LogP contribution is -2.62. The number of aromatic carboxylic acids is 1. The Morgan fingerprint density at radius 2 is 1.82 bits per heavy atom. The molecule has 8 atom stereocenters. The number of amides is 1. The van der Waals surface area contributed by atoms with Gasteiger partial charge in [0.2, 0.25) is 5.91 Å². The number of hydrogen-bond donors (Lipinski definition) is 4. The molecule has 6 rings (SSSR count). The number of aliphatic hydroxyl groups is 2. The number of carboxylic acids is 1. The minimum Gasteiger partial charge on any atom is -0.478 e. The Balaban J connectivity index is 1.37. The van der Waals surface area contributed by atoms with Crippen molar-refractivity contribution in [1.29, 1.82) is 0 Å². The lowest BCUT2D eigenvalue weighted by molar-refractivity contribution is -0.183. The normalized spacial score (nSPS) is 32.3. The minimum atomic E-state index is -0.986. The molecule has 0 unspecified atom stereocenters. The van der Waals surface area contributed by atoms with Crippen LogP contribution in [0.5, 0.6) is 0 Å². The molecule has 4 fully saturated rings. The van der Waals surface area contributed by atoms with Gasteiger partial charge in [0.25, 0.3) is 0 Å². The number of aliphatic hydroxyl groups excluding tert-OH is 2. The standard InChI is InChI=1S/C31H40N2O6/c1-17-24-13-23(31(24,3)4)14-25(17)32-29(36)28-27(18(2)35)26(16-34)39-33(28)15-19-7-5-8-20(11-19)21-9-6-10-22(12-21)30(37)38/h5-12,17-18,23-28,34-35H,13-16H2,1-4H3,(H,32,36)(H,37,38)/t17-,18-,23-,24+,25-,26-,27+,28-/m0/s1. The van der Waals surface area contributed by atoms with E-state index in [1.807, 2.05) is 30.3 Å². The predicted octanol–water partition coefficient (Wildman–Crippen LogP) is 3.71. The van der Waals surface area contributed by atoms with Crippen molar-refractivity contribution in [2.24, 2.45) is 29.1 Å². The molecule has 2 aromatic rings. The maximum atomic E-state index is 13.8. The summed E-state index contributed by atoms with van der Waals surface area (Å²) in [6, 6.07) is 13.7. The molecule has 4 aliphatic rings. The topological polar surface area (TPSA) is 119 Å². The molecule has 0 spiro atoms. The number of nitrogens with zero attached hydrogens (tertiary/aromatic N) is 1. The second-order valence-corrected chi connectivity index (χ2v) is 12.3. The maximum Gasteiger partial charge on any atom is 0.335 e. The van der Waals surface area contributed by atoms with Crippen LogP contribution in [0.15, 0.2) is 48.5 Å². The second-order valence-electron chi connectivity index (χ2n) is 12.3. The lowest BCUT2D eigenvalue weighted by atomic mass is 9.45. The highest BCUT2D eigenvalue weighted by Crippen LogP contribution is 2.61. The first kappa shape index (κ1) is 27.8. The number of carboxylic acid groups (broad SMARTS) is 1. The summed E-state index contributed by atoms with van der Waals surface area (Å²) < 4.78 is 0. The van der Waals surface area contributed by atoms with Gasteiger partial charge >= 0.3 is 5.97 Å². The number of fused-ring (bicyclic) bond motifs is 2. The summed E-state index contributed by atoms with van der Waals surface area (Å²) in [5, 5.41) is 35.0. The van der Waals surface area contributed by atoms with Crippen molar-refractivity contribution in [3.8, 4) is 11.1 Å². The minimum absolute atomic E-state index is 0.0730. The highest BCUT2D eigenvalue weighted by molar-refractivity contribution is 5.89. The van der Waals surface area contributed by atoms with Crippen LogP contribution in [0.25, 0.3) is 11.1 Å². The summed E-state index contributed by atoms with van der Waals surface area (Å²) in [7, 11) is 0. The fourth-order valence-electron chi connectivity index (χ4n) is 7.35. The Labute approximate surface area is 229 Å². The summed E-state index contributed by atoms with van der Waals surface area (Å²) in [5.41, 5.74) is 3.00. The van der Waals surface area contributed by atoms with E-state index in [0.717, 1.165) is 23.1 Å². The summed E-state index contributed by atoms with van der Waals surface area (Å²) >= 11 is 0. The molecular formula is C31H40N2O6. The summed E-state index contributed by atoms with van der Waals surface area (Å²) in [6.07, 6.45) is 0.606. The monoisotopic (exact) mass is 536 g/mol. The maximum absolute atomic E-state index is 13.8. The van der Waals surface area contributed by atoms with Crippen molar-refractivity contribution < 1.29 is 29.7 Å². The van der Waals surface area contributed by atoms with Crippen LogP contribution in [0.4, 0.5) is 0 Å². The van der Waals surface area contributed by atoms with Crippen molar-refractivity contribution in [2.45, 2.75) is 71.4 Å². The first-order valence-corrected chi connectivity index (χ1v) is 14.0. The third-order valence-corrected chi connectivity index (χ3v) is 9.77. The number of rotatable bonds is 8. The van der Waals surface area contributed by atoms with Gasteiger partial charge in [0.1, 0.15) is 12.1 Å². The van der Waals surface area contributed by atoms with Gasteiger partial charge in [0.05, 0.1) is 24.8 Å². The van der Waals surface area contributed by atoms with Crippen LogP contribution in [0, 0.1) is 29.1 Å². The molecule has 4 N–H and O–H groups in total. The number of carbonyl (C=O) groups is 2. The van der Waals surface area contributed by atoms with E-state index in [0.29, 0.717) is 23.2 Å². The first-order chi connectivity index (χ1) is 18.5. The van der Waals surface area contributed by atoms with E-state index in [-0.39, 0.29) is 30.7 Å². The molecule has 3 aliphatic carbocycles. The molecule has 3 saturated carbocycles. The van der Waals surface area contributed by atoms with Gasteiger partial charge in [-0.1, -0.05) is 51.1 Å². The largest absolute Gasteiger partial charge is 0.478 e. The van der Waals surface area contributed by atoms with Crippen molar-refractivity contribution in [3.63, 3.8) is 0 Å². The van der Waals surface area contributed by atoms with Crippen molar-refractivity contribution >= 4 is 11.9 Å². The van der Waals surface area contributed by atoms with Gasteiger partial charge in [-0.2, -0.15) is 5.06 Å². The Hall–Kier alpha value is -2.78. The number of hydrogen-bond acceptors (Lipinski definition) is 6. The highest BCUT2D eigenvalue weighted by atomic mass is 16.7. The number of carbonyl (C=O) groups excluding carboxylic acids is 1. The Morgan fingerprint density at radius 3 is 2.44 bits per heavy atom. The Kier molecular flexibility index (Phi) is 7.59. The van der Waals surface area contributed by atoms with Gasteiger partial charge in [0, 0.05) is 12.0 Å². The van der Waals surface area contributed by atoms with Crippen molar-refractivity contribution in [3.05, 3.63) is 59.7 Å². The van der Waals surface area contributed by atoms with Crippen LogP contribution in [0.3, 0.4) is 0 Å². The van der Waals surface area contributed by atoms with Crippen LogP contribution in [0.1, 0.15) is 56.5 Å².